The van der Waals surface area contributed by atoms with Crippen LogP contribution in [0.15, 0.2) is 0 Å². The van der Waals surface area contributed by atoms with E-state index in [9.17, 15) is 9.90 Å². The quantitative estimate of drug-likeness (QED) is 0.792. The van der Waals surface area contributed by atoms with E-state index in [-0.39, 0.29) is 24.1 Å². The molecule has 17 heavy (non-hydrogen) atoms. The molecule has 0 aromatic rings. The molecule has 1 heterocycles. The normalized spacial score (nSPS) is 22.6. The summed E-state index contributed by atoms with van der Waals surface area (Å²) in [6.07, 6.45) is 3.63. The number of piperidine rings is 1. The Balaban J connectivity index is 2.46. The van der Waals surface area contributed by atoms with Gasteiger partial charge in [0.05, 0.1) is 6.10 Å². The van der Waals surface area contributed by atoms with Crippen molar-refractivity contribution in [2.75, 3.05) is 13.1 Å². The molecule has 0 aromatic heterocycles. The van der Waals surface area contributed by atoms with Crippen molar-refractivity contribution in [2.45, 2.75) is 58.6 Å². The lowest BCUT2D eigenvalue weighted by Crippen LogP contribution is -2.49. The first-order valence-corrected chi connectivity index (χ1v) is 6.81. The highest BCUT2D eigenvalue weighted by atomic mass is 16.3. The second kappa shape index (κ2) is 6.84. The zero-order chi connectivity index (χ0) is 12.8. The van der Waals surface area contributed by atoms with Crippen LogP contribution in [0.4, 0.5) is 4.79 Å². The fourth-order valence-electron chi connectivity index (χ4n) is 2.35. The maximum Gasteiger partial charge on any atom is 0.317 e. The third kappa shape index (κ3) is 4.19. The Morgan fingerprint density at radius 3 is 2.65 bits per heavy atom. The third-order valence-corrected chi connectivity index (χ3v) is 3.74. The van der Waals surface area contributed by atoms with E-state index in [1.54, 1.807) is 0 Å². The van der Waals surface area contributed by atoms with E-state index in [0.717, 1.165) is 32.2 Å². The van der Waals surface area contributed by atoms with Crippen LogP contribution in [0.1, 0.15) is 46.5 Å². The van der Waals surface area contributed by atoms with Gasteiger partial charge in [-0.2, -0.15) is 0 Å². The molecular weight excluding hydrogens is 216 g/mol. The molecule has 4 heteroatoms. The fourth-order valence-corrected chi connectivity index (χ4v) is 2.35. The Hall–Kier alpha value is -0.770. The summed E-state index contributed by atoms with van der Waals surface area (Å²) < 4.78 is 0. The smallest absolute Gasteiger partial charge is 0.317 e. The average molecular weight is 242 g/mol. The first-order valence-electron chi connectivity index (χ1n) is 6.81. The Morgan fingerprint density at radius 2 is 2.12 bits per heavy atom. The number of amides is 2. The third-order valence-electron chi connectivity index (χ3n) is 3.74. The summed E-state index contributed by atoms with van der Waals surface area (Å²) >= 11 is 0. The van der Waals surface area contributed by atoms with Gasteiger partial charge < -0.3 is 15.3 Å². The van der Waals surface area contributed by atoms with Crippen molar-refractivity contribution in [3.05, 3.63) is 0 Å². The highest BCUT2D eigenvalue weighted by Crippen LogP contribution is 2.19. The van der Waals surface area contributed by atoms with Gasteiger partial charge in [-0.05, 0) is 32.6 Å². The molecule has 2 N–H and O–H groups in total. The molecule has 1 saturated heterocycles. The average Bonchev–Trinajstić information content (AvgIpc) is 2.35. The van der Waals surface area contributed by atoms with Gasteiger partial charge in [0.25, 0.3) is 0 Å². The maximum atomic E-state index is 12.0. The van der Waals surface area contributed by atoms with E-state index in [2.05, 4.69) is 19.2 Å². The molecule has 0 saturated carbocycles. The largest absolute Gasteiger partial charge is 0.393 e. The molecule has 0 aliphatic carbocycles. The minimum Gasteiger partial charge on any atom is -0.393 e. The summed E-state index contributed by atoms with van der Waals surface area (Å²) in [7, 11) is 0. The van der Waals surface area contributed by atoms with E-state index in [4.69, 9.17) is 0 Å². The van der Waals surface area contributed by atoms with E-state index >= 15 is 0 Å². The van der Waals surface area contributed by atoms with E-state index in [1.165, 1.54) is 0 Å². The van der Waals surface area contributed by atoms with Gasteiger partial charge in [-0.3, -0.25) is 0 Å². The molecule has 1 fully saturated rings. The minimum atomic E-state index is -0.321. The lowest BCUT2D eigenvalue weighted by atomic mass is 9.94. The number of aliphatic hydroxyl groups excluding tert-OH is 1. The Kier molecular flexibility index (Phi) is 5.75. The summed E-state index contributed by atoms with van der Waals surface area (Å²) in [5.41, 5.74) is 0. The van der Waals surface area contributed by atoms with Crippen molar-refractivity contribution in [1.82, 2.24) is 10.2 Å². The highest BCUT2D eigenvalue weighted by molar-refractivity contribution is 5.74. The second-order valence-corrected chi connectivity index (χ2v) is 5.05. The van der Waals surface area contributed by atoms with Crippen molar-refractivity contribution >= 4 is 6.03 Å². The predicted octanol–water partition coefficient (Wildman–Crippen LogP) is 1.98. The van der Waals surface area contributed by atoms with Gasteiger partial charge in [0.1, 0.15) is 0 Å². The molecule has 0 aromatic carbocycles. The molecule has 0 bridgehead atoms. The molecule has 2 atom stereocenters. The number of urea groups is 1. The van der Waals surface area contributed by atoms with Gasteiger partial charge in [0, 0.05) is 25.0 Å². The van der Waals surface area contributed by atoms with Gasteiger partial charge in [-0.1, -0.05) is 13.8 Å². The van der Waals surface area contributed by atoms with E-state index in [1.807, 2.05) is 11.8 Å². The predicted molar refractivity (Wildman–Crippen MR) is 68.9 cm³/mol. The molecule has 1 rings (SSSR count). The van der Waals surface area contributed by atoms with Crippen LogP contribution >= 0.6 is 0 Å². The second-order valence-electron chi connectivity index (χ2n) is 5.05. The van der Waals surface area contributed by atoms with Crippen molar-refractivity contribution in [3.8, 4) is 0 Å². The highest BCUT2D eigenvalue weighted by Gasteiger charge is 2.26. The monoisotopic (exact) mass is 242 g/mol. The minimum absolute atomic E-state index is 0.0315. The Bertz CT molecular complexity index is 240. The summed E-state index contributed by atoms with van der Waals surface area (Å²) in [5, 5.41) is 12.6. The number of nitrogens with one attached hydrogen (secondary N) is 1. The van der Waals surface area contributed by atoms with Crippen LogP contribution < -0.4 is 5.32 Å². The molecule has 1 aliphatic heterocycles. The Morgan fingerprint density at radius 1 is 1.47 bits per heavy atom. The van der Waals surface area contributed by atoms with Crippen molar-refractivity contribution in [2.24, 2.45) is 5.92 Å². The van der Waals surface area contributed by atoms with E-state index in [0.29, 0.717) is 6.54 Å². The van der Waals surface area contributed by atoms with Crippen LogP contribution in [0.25, 0.3) is 0 Å². The topological polar surface area (TPSA) is 52.6 Å². The lowest BCUT2D eigenvalue weighted by molar-refractivity contribution is 0.0732. The van der Waals surface area contributed by atoms with Gasteiger partial charge >= 0.3 is 6.03 Å². The zero-order valence-corrected chi connectivity index (χ0v) is 11.3. The van der Waals surface area contributed by atoms with Crippen LogP contribution in [0, 0.1) is 5.92 Å². The van der Waals surface area contributed by atoms with Gasteiger partial charge in [-0.15, -0.1) is 0 Å². The Labute approximate surface area is 104 Å². The molecule has 0 radical (unpaired) electrons. The van der Waals surface area contributed by atoms with E-state index < -0.39 is 0 Å². The fraction of sp³-hybridized carbons (Fsp3) is 0.923. The number of carbonyl (C=O) groups excluding carboxylic acids is 1. The summed E-state index contributed by atoms with van der Waals surface area (Å²) in [6, 6.07) is 0.304. The SMILES string of the molecule is CCC(CC)NC(=O)N1CCCC(C(C)O)C1. The molecule has 1 aliphatic rings. The number of hydrogen-bond donors (Lipinski definition) is 2. The van der Waals surface area contributed by atoms with Crippen LogP contribution in [0.3, 0.4) is 0 Å². The van der Waals surface area contributed by atoms with Crippen LogP contribution in [-0.2, 0) is 0 Å². The summed E-state index contributed by atoms with van der Waals surface area (Å²) in [5.74, 6) is 0.233. The van der Waals surface area contributed by atoms with Crippen molar-refractivity contribution in [3.63, 3.8) is 0 Å². The number of carbonyl (C=O) groups is 1. The molecular formula is C13H26N2O2. The van der Waals surface area contributed by atoms with Crippen molar-refractivity contribution < 1.29 is 9.90 Å². The number of hydrogen-bond acceptors (Lipinski definition) is 2. The lowest BCUT2D eigenvalue weighted by Gasteiger charge is -2.35. The first kappa shape index (κ1) is 14.3. The van der Waals surface area contributed by atoms with Gasteiger partial charge in [-0.25, -0.2) is 4.79 Å². The standard InChI is InChI=1S/C13H26N2O2/c1-4-12(5-2)14-13(17)15-8-6-7-11(9-15)10(3)16/h10-12,16H,4-9H2,1-3H3,(H,14,17). The summed E-state index contributed by atoms with van der Waals surface area (Å²) in [4.78, 5) is 13.9. The molecule has 2 amide bonds. The first-order chi connectivity index (χ1) is 8.08. The van der Waals surface area contributed by atoms with Gasteiger partial charge in [0.15, 0.2) is 0 Å². The maximum absolute atomic E-state index is 12.0. The molecule has 2 unspecified atom stereocenters. The van der Waals surface area contributed by atoms with Gasteiger partial charge in [0.2, 0.25) is 0 Å². The zero-order valence-electron chi connectivity index (χ0n) is 11.3. The molecule has 4 nitrogen and oxygen atoms in total. The molecule has 0 spiro atoms. The summed E-state index contributed by atoms with van der Waals surface area (Å²) in [6.45, 7) is 7.48. The van der Waals surface area contributed by atoms with Crippen LogP contribution in [-0.4, -0.2) is 41.3 Å². The number of nitrogens with zero attached hydrogens (tertiary/aromatic N) is 1. The number of rotatable bonds is 4. The number of likely N-dealkylation sites (tertiary alicyclic amines) is 1. The van der Waals surface area contributed by atoms with Crippen molar-refractivity contribution in [1.29, 1.82) is 0 Å². The molecule has 100 valence electrons. The van der Waals surface area contributed by atoms with Crippen LogP contribution in [0.2, 0.25) is 0 Å². The van der Waals surface area contributed by atoms with Crippen LogP contribution in [0.5, 0.6) is 0 Å². The number of aliphatic hydroxyl groups is 1.